The number of nitrogens with zero attached hydrogens (tertiary/aromatic N) is 4. The van der Waals surface area contributed by atoms with Crippen molar-refractivity contribution < 1.29 is 37.7 Å². The van der Waals surface area contributed by atoms with Gasteiger partial charge in [0, 0.05) is 32.4 Å². The van der Waals surface area contributed by atoms with Crippen LogP contribution in [0.25, 0.3) is 5.65 Å². The van der Waals surface area contributed by atoms with E-state index in [1.54, 1.807) is 10.7 Å². The molecule has 200 valence electrons. The van der Waals surface area contributed by atoms with Crippen molar-refractivity contribution in [1.82, 2.24) is 30.1 Å². The highest BCUT2D eigenvalue weighted by Crippen LogP contribution is 2.22. The summed E-state index contributed by atoms with van der Waals surface area (Å²) < 4.78 is 39.2. The van der Waals surface area contributed by atoms with Gasteiger partial charge in [-0.3, -0.25) is 9.30 Å². The molecule has 3 aromatic rings. The van der Waals surface area contributed by atoms with Crippen molar-refractivity contribution in [3.8, 4) is 0 Å². The summed E-state index contributed by atoms with van der Waals surface area (Å²) in [6.45, 7) is 2.89. The number of hydrogen-bond acceptors (Lipinski definition) is 7. The average Bonchev–Trinajstić information content (AvgIpc) is 3.35. The molecule has 1 aromatic carbocycles. The SMILES string of the molecule is O=C(NCc1ccn2cnnc2c1)NCC1(CO)COCCN1Cc1ccccc1.O=C(O)C(F)(F)F. The van der Waals surface area contributed by atoms with Crippen LogP contribution >= 0.6 is 0 Å². The molecule has 11 nitrogen and oxygen atoms in total. The van der Waals surface area contributed by atoms with Gasteiger partial charge in [0.1, 0.15) is 6.33 Å². The number of fused-ring (bicyclic) bond motifs is 1. The van der Waals surface area contributed by atoms with Gasteiger partial charge in [-0.05, 0) is 23.3 Å². The summed E-state index contributed by atoms with van der Waals surface area (Å²) in [5.41, 5.74) is 2.15. The topological polar surface area (TPSA) is 141 Å². The van der Waals surface area contributed by atoms with Crippen LogP contribution in [0.3, 0.4) is 0 Å². The Balaban J connectivity index is 0.000000479. The van der Waals surface area contributed by atoms with Crippen LogP contribution < -0.4 is 10.6 Å². The van der Waals surface area contributed by atoms with Crippen molar-refractivity contribution in [2.45, 2.75) is 24.8 Å². The lowest BCUT2D eigenvalue weighted by Crippen LogP contribution is -2.64. The molecule has 14 heteroatoms. The Kier molecular flexibility index (Phi) is 9.38. The number of rotatable bonds is 7. The summed E-state index contributed by atoms with van der Waals surface area (Å²) >= 11 is 0. The predicted octanol–water partition coefficient (Wildman–Crippen LogP) is 1.43. The van der Waals surface area contributed by atoms with E-state index < -0.39 is 17.7 Å². The Morgan fingerprint density at radius 3 is 2.54 bits per heavy atom. The molecule has 1 saturated heterocycles. The van der Waals surface area contributed by atoms with E-state index in [0.29, 0.717) is 32.8 Å². The quantitative estimate of drug-likeness (QED) is 0.364. The zero-order valence-corrected chi connectivity index (χ0v) is 19.7. The highest BCUT2D eigenvalue weighted by Gasteiger charge is 2.40. The zero-order chi connectivity index (χ0) is 26.9. The van der Waals surface area contributed by atoms with Crippen molar-refractivity contribution >= 4 is 17.6 Å². The molecule has 4 N–H and O–H groups in total. The van der Waals surface area contributed by atoms with E-state index >= 15 is 0 Å². The smallest absolute Gasteiger partial charge is 0.475 e. The van der Waals surface area contributed by atoms with Crippen molar-refractivity contribution in [1.29, 1.82) is 0 Å². The number of urea groups is 1. The third kappa shape index (κ3) is 7.87. The lowest BCUT2D eigenvalue weighted by molar-refractivity contribution is -0.192. The van der Waals surface area contributed by atoms with Gasteiger partial charge < -0.3 is 25.6 Å². The molecule has 0 bridgehead atoms. The standard InChI is InChI=1S/C21H26N6O3.C2HF3O2/c28-14-21(15-30-9-8-27(21)12-17-4-2-1-3-5-17)13-23-20(29)22-11-18-6-7-26-16-24-25-19(26)10-18;3-2(4,5)1(6)7/h1-7,10,16,28H,8-9,11-15H2,(H2,22,23,29);(H,6,7). The molecule has 0 spiro atoms. The highest BCUT2D eigenvalue weighted by atomic mass is 19.4. The number of ether oxygens (including phenoxy) is 1. The number of aromatic nitrogens is 3. The minimum atomic E-state index is -5.08. The van der Waals surface area contributed by atoms with Crippen LogP contribution in [0, 0.1) is 0 Å². The number of carbonyl (C=O) groups is 2. The normalized spacial score (nSPS) is 18.1. The first-order valence-corrected chi connectivity index (χ1v) is 11.2. The van der Waals surface area contributed by atoms with E-state index in [4.69, 9.17) is 14.6 Å². The zero-order valence-electron chi connectivity index (χ0n) is 19.7. The number of aliphatic carboxylic acids is 1. The molecular formula is C23H27F3N6O5. The third-order valence-corrected chi connectivity index (χ3v) is 5.70. The van der Waals surface area contributed by atoms with Crippen molar-refractivity contribution in [3.63, 3.8) is 0 Å². The Labute approximate surface area is 209 Å². The number of alkyl halides is 3. The van der Waals surface area contributed by atoms with Gasteiger partial charge in [-0.1, -0.05) is 30.3 Å². The third-order valence-electron chi connectivity index (χ3n) is 5.70. The number of aliphatic hydroxyl groups excluding tert-OH is 1. The number of carboxylic acid groups (broad SMARTS) is 1. The maximum atomic E-state index is 12.4. The summed E-state index contributed by atoms with van der Waals surface area (Å²) in [7, 11) is 0. The molecule has 3 heterocycles. The lowest BCUT2D eigenvalue weighted by Gasteiger charge is -2.46. The summed E-state index contributed by atoms with van der Waals surface area (Å²) in [6.07, 6.45) is -1.60. The molecular weight excluding hydrogens is 497 g/mol. The number of benzene rings is 1. The molecule has 1 fully saturated rings. The molecule has 1 unspecified atom stereocenters. The van der Waals surface area contributed by atoms with Crippen LogP contribution in [0.4, 0.5) is 18.0 Å². The molecule has 4 rings (SSSR count). The summed E-state index contributed by atoms with van der Waals surface area (Å²) in [5, 5.41) is 30.9. The summed E-state index contributed by atoms with van der Waals surface area (Å²) in [5.74, 6) is -2.76. The Hall–Kier alpha value is -3.75. The van der Waals surface area contributed by atoms with Crippen molar-refractivity contribution in [2.24, 2.45) is 0 Å². The van der Waals surface area contributed by atoms with Crippen LogP contribution in [0.15, 0.2) is 55.0 Å². The number of hydrogen-bond donors (Lipinski definition) is 4. The molecule has 1 aliphatic rings. The number of amides is 2. The van der Waals surface area contributed by atoms with Gasteiger partial charge in [0.05, 0.1) is 25.4 Å². The summed E-state index contributed by atoms with van der Waals surface area (Å²) in [6, 6.07) is 13.6. The fourth-order valence-electron chi connectivity index (χ4n) is 3.64. The van der Waals surface area contributed by atoms with E-state index in [2.05, 4.69) is 37.9 Å². The molecule has 1 atom stereocenters. The fourth-order valence-corrected chi connectivity index (χ4v) is 3.64. The minimum Gasteiger partial charge on any atom is -0.475 e. The van der Waals surface area contributed by atoms with Gasteiger partial charge in [-0.25, -0.2) is 9.59 Å². The second-order valence-corrected chi connectivity index (χ2v) is 8.31. The number of aliphatic hydroxyl groups is 1. The van der Waals surface area contributed by atoms with Gasteiger partial charge in [0.25, 0.3) is 0 Å². The molecule has 2 amide bonds. The highest BCUT2D eigenvalue weighted by molar-refractivity contribution is 5.74. The molecule has 2 aromatic heterocycles. The van der Waals surface area contributed by atoms with E-state index in [9.17, 15) is 23.1 Å². The maximum Gasteiger partial charge on any atom is 0.490 e. The van der Waals surface area contributed by atoms with Gasteiger partial charge >= 0.3 is 18.2 Å². The summed E-state index contributed by atoms with van der Waals surface area (Å²) in [4.78, 5) is 23.5. The first-order valence-electron chi connectivity index (χ1n) is 11.2. The Morgan fingerprint density at radius 2 is 1.86 bits per heavy atom. The number of carboxylic acids is 1. The van der Waals surface area contributed by atoms with Gasteiger partial charge in [0.15, 0.2) is 5.65 Å². The van der Waals surface area contributed by atoms with Crippen LogP contribution in [0.1, 0.15) is 11.1 Å². The van der Waals surface area contributed by atoms with Crippen LogP contribution in [-0.4, -0.2) is 86.3 Å². The van der Waals surface area contributed by atoms with Crippen molar-refractivity contribution in [2.75, 3.05) is 32.9 Å². The van der Waals surface area contributed by atoms with Crippen molar-refractivity contribution in [3.05, 3.63) is 66.1 Å². The Morgan fingerprint density at radius 1 is 1.14 bits per heavy atom. The Bertz CT molecular complexity index is 1180. The second kappa shape index (κ2) is 12.5. The fraction of sp³-hybridized carbons (Fsp3) is 0.391. The number of halogens is 3. The first-order chi connectivity index (χ1) is 17.6. The van der Waals surface area contributed by atoms with E-state index in [1.807, 2.05) is 36.5 Å². The molecule has 37 heavy (non-hydrogen) atoms. The number of nitrogens with one attached hydrogen (secondary N) is 2. The number of carbonyl (C=O) groups excluding carboxylic acids is 1. The number of morpholine rings is 1. The van der Waals surface area contributed by atoms with Gasteiger partial charge in [-0.15, -0.1) is 10.2 Å². The van der Waals surface area contributed by atoms with E-state index in [1.165, 1.54) is 0 Å². The van der Waals surface area contributed by atoms with Gasteiger partial charge in [0.2, 0.25) is 0 Å². The van der Waals surface area contributed by atoms with E-state index in [-0.39, 0.29) is 19.2 Å². The molecule has 1 aliphatic heterocycles. The average molecular weight is 525 g/mol. The molecule has 0 aliphatic carbocycles. The second-order valence-electron chi connectivity index (χ2n) is 8.31. The van der Waals surface area contributed by atoms with E-state index in [0.717, 1.165) is 16.8 Å². The predicted molar refractivity (Wildman–Crippen MR) is 124 cm³/mol. The molecule has 0 saturated carbocycles. The minimum absolute atomic E-state index is 0.107. The first kappa shape index (κ1) is 27.8. The lowest BCUT2D eigenvalue weighted by atomic mass is 9.96. The van der Waals surface area contributed by atoms with Crippen LogP contribution in [0.5, 0.6) is 0 Å². The van der Waals surface area contributed by atoms with Gasteiger partial charge in [-0.2, -0.15) is 13.2 Å². The largest absolute Gasteiger partial charge is 0.490 e. The van der Waals surface area contributed by atoms with Crippen LogP contribution in [0.2, 0.25) is 0 Å². The molecule has 0 radical (unpaired) electrons. The maximum absolute atomic E-state index is 12.4. The monoisotopic (exact) mass is 524 g/mol. The van der Waals surface area contributed by atoms with Crippen LogP contribution in [-0.2, 0) is 22.6 Å². The number of pyridine rings is 1.